The largest absolute Gasteiger partial charge is 0.480 e. The second-order valence-electron chi connectivity index (χ2n) is 5.64. The van der Waals surface area contributed by atoms with Gasteiger partial charge in [-0.05, 0) is 24.0 Å². The van der Waals surface area contributed by atoms with E-state index in [4.69, 9.17) is 0 Å². The zero-order valence-corrected chi connectivity index (χ0v) is 14.6. The van der Waals surface area contributed by atoms with Crippen molar-refractivity contribution in [1.29, 1.82) is 0 Å². The van der Waals surface area contributed by atoms with Gasteiger partial charge in [0.15, 0.2) is 0 Å². The first kappa shape index (κ1) is 18.9. The SMILES string of the molecule is O=C(CS(=O)C(CCc1ccccc1)C(=O)O)NCc1ccccc1. The lowest BCUT2D eigenvalue weighted by atomic mass is 10.1. The minimum Gasteiger partial charge on any atom is -0.480 e. The molecule has 0 heterocycles. The average Bonchev–Trinajstić information content (AvgIpc) is 2.61. The molecule has 6 heteroatoms. The molecule has 0 fully saturated rings. The average molecular weight is 359 g/mol. The molecule has 25 heavy (non-hydrogen) atoms. The van der Waals surface area contributed by atoms with E-state index >= 15 is 0 Å². The van der Waals surface area contributed by atoms with Crippen LogP contribution in [0.3, 0.4) is 0 Å². The molecule has 0 saturated heterocycles. The molecule has 2 rings (SSSR count). The van der Waals surface area contributed by atoms with Crippen molar-refractivity contribution in [3.63, 3.8) is 0 Å². The van der Waals surface area contributed by atoms with Crippen molar-refractivity contribution in [3.05, 3.63) is 71.8 Å². The predicted octanol–water partition coefficient (Wildman–Crippen LogP) is 2.14. The van der Waals surface area contributed by atoms with Crippen molar-refractivity contribution in [3.8, 4) is 0 Å². The normalized spacial score (nSPS) is 13.0. The van der Waals surface area contributed by atoms with E-state index in [1.165, 1.54) is 0 Å². The number of carbonyl (C=O) groups is 2. The van der Waals surface area contributed by atoms with E-state index in [-0.39, 0.29) is 12.2 Å². The van der Waals surface area contributed by atoms with Crippen molar-refractivity contribution >= 4 is 22.7 Å². The summed E-state index contributed by atoms with van der Waals surface area (Å²) in [5.74, 6) is -1.85. The molecule has 0 bridgehead atoms. The number of rotatable bonds is 9. The minimum absolute atomic E-state index is 0.234. The van der Waals surface area contributed by atoms with Crippen molar-refractivity contribution in [2.45, 2.75) is 24.6 Å². The van der Waals surface area contributed by atoms with Crippen molar-refractivity contribution in [1.82, 2.24) is 5.32 Å². The lowest BCUT2D eigenvalue weighted by Gasteiger charge is -2.12. The molecule has 5 nitrogen and oxygen atoms in total. The first-order chi connectivity index (χ1) is 12.1. The van der Waals surface area contributed by atoms with Crippen LogP contribution in [0.15, 0.2) is 60.7 Å². The number of hydrogen-bond donors (Lipinski definition) is 2. The molecular weight excluding hydrogens is 338 g/mol. The molecule has 0 aliphatic carbocycles. The smallest absolute Gasteiger partial charge is 0.319 e. The summed E-state index contributed by atoms with van der Waals surface area (Å²) in [6, 6.07) is 18.8. The van der Waals surface area contributed by atoms with E-state index in [1.807, 2.05) is 60.7 Å². The molecule has 2 aromatic carbocycles. The van der Waals surface area contributed by atoms with Gasteiger partial charge in [-0.1, -0.05) is 60.7 Å². The molecule has 2 N–H and O–H groups in total. The zero-order valence-electron chi connectivity index (χ0n) is 13.8. The Balaban J connectivity index is 1.84. The summed E-state index contributed by atoms with van der Waals surface area (Å²) in [7, 11) is -1.76. The Kier molecular flexibility index (Phi) is 7.35. The third-order valence-electron chi connectivity index (χ3n) is 3.74. The molecule has 0 aromatic heterocycles. The van der Waals surface area contributed by atoms with Gasteiger partial charge in [0.25, 0.3) is 0 Å². The van der Waals surface area contributed by atoms with Crippen molar-refractivity contribution in [2.24, 2.45) is 0 Å². The Morgan fingerprint density at radius 3 is 2.08 bits per heavy atom. The highest BCUT2D eigenvalue weighted by atomic mass is 32.2. The van der Waals surface area contributed by atoms with E-state index < -0.39 is 27.9 Å². The molecule has 0 saturated carbocycles. The maximum absolute atomic E-state index is 12.3. The van der Waals surface area contributed by atoms with E-state index in [9.17, 15) is 18.9 Å². The maximum Gasteiger partial charge on any atom is 0.319 e. The molecular formula is C19H21NO4S. The van der Waals surface area contributed by atoms with Gasteiger partial charge in [0.2, 0.25) is 5.91 Å². The van der Waals surface area contributed by atoms with Crippen LogP contribution in [0.25, 0.3) is 0 Å². The zero-order chi connectivity index (χ0) is 18.1. The van der Waals surface area contributed by atoms with Gasteiger partial charge >= 0.3 is 5.97 Å². The number of hydrogen-bond acceptors (Lipinski definition) is 3. The van der Waals surface area contributed by atoms with Crippen LogP contribution in [-0.2, 0) is 33.4 Å². The number of nitrogens with one attached hydrogen (secondary N) is 1. The summed E-state index contributed by atoms with van der Waals surface area (Å²) in [6.07, 6.45) is 0.743. The number of carboxylic acid groups (broad SMARTS) is 1. The summed E-state index contributed by atoms with van der Waals surface area (Å²) in [6.45, 7) is 0.332. The third-order valence-corrected chi connectivity index (χ3v) is 5.36. The van der Waals surface area contributed by atoms with E-state index in [2.05, 4.69) is 5.32 Å². The topological polar surface area (TPSA) is 83.5 Å². The molecule has 1 amide bonds. The molecule has 0 radical (unpaired) electrons. The quantitative estimate of drug-likeness (QED) is 0.718. The fourth-order valence-corrected chi connectivity index (χ4v) is 3.55. The number of aliphatic carboxylic acids is 1. The van der Waals surface area contributed by atoms with Crippen molar-refractivity contribution < 1.29 is 18.9 Å². The summed E-state index contributed by atoms with van der Waals surface area (Å²) in [5, 5.41) is 10.9. The number of amides is 1. The second-order valence-corrected chi connectivity index (χ2v) is 7.26. The van der Waals surface area contributed by atoms with Crippen LogP contribution in [0.2, 0.25) is 0 Å². The molecule has 2 atom stereocenters. The first-order valence-corrected chi connectivity index (χ1v) is 9.39. The van der Waals surface area contributed by atoms with E-state index in [0.29, 0.717) is 13.0 Å². The second kappa shape index (κ2) is 9.74. The standard InChI is InChI=1S/C19H21NO4S/c21-18(20-13-16-9-5-2-6-10-16)14-25(24)17(19(22)23)12-11-15-7-3-1-4-8-15/h1-10,17H,11-14H2,(H,20,21)(H,22,23). The fraction of sp³-hybridized carbons (Fsp3) is 0.263. The Morgan fingerprint density at radius 1 is 0.960 bits per heavy atom. The van der Waals surface area contributed by atoms with Crippen LogP contribution in [-0.4, -0.2) is 32.2 Å². The lowest BCUT2D eigenvalue weighted by molar-refractivity contribution is -0.136. The van der Waals surface area contributed by atoms with Crippen molar-refractivity contribution in [2.75, 3.05) is 5.75 Å². The molecule has 2 unspecified atom stereocenters. The molecule has 0 aliphatic heterocycles. The van der Waals surface area contributed by atoms with Gasteiger partial charge in [0.05, 0.1) is 0 Å². The van der Waals surface area contributed by atoms with Crippen LogP contribution in [0.4, 0.5) is 0 Å². The summed E-state index contributed by atoms with van der Waals surface area (Å²) in [4.78, 5) is 23.3. The van der Waals surface area contributed by atoms with Gasteiger partial charge < -0.3 is 10.4 Å². The fourth-order valence-electron chi connectivity index (χ4n) is 2.39. The van der Waals surface area contributed by atoms with E-state index in [0.717, 1.165) is 11.1 Å². The van der Waals surface area contributed by atoms with Crippen LogP contribution >= 0.6 is 0 Å². The number of aryl methyl sites for hydroxylation is 1. The van der Waals surface area contributed by atoms with Gasteiger partial charge in [0, 0.05) is 17.3 Å². The van der Waals surface area contributed by atoms with Gasteiger partial charge in [-0.25, -0.2) is 0 Å². The number of benzene rings is 2. The van der Waals surface area contributed by atoms with Gasteiger partial charge in [-0.2, -0.15) is 0 Å². The Bertz CT molecular complexity index is 719. The highest BCUT2D eigenvalue weighted by Crippen LogP contribution is 2.10. The number of carboxylic acids is 1. The Morgan fingerprint density at radius 2 is 1.52 bits per heavy atom. The summed E-state index contributed by atoms with van der Waals surface area (Å²) < 4.78 is 12.3. The highest BCUT2D eigenvalue weighted by molar-refractivity contribution is 7.87. The van der Waals surface area contributed by atoms with Gasteiger partial charge in [0.1, 0.15) is 11.0 Å². The Labute approximate surface area is 149 Å². The third kappa shape index (κ3) is 6.51. The summed E-state index contributed by atoms with van der Waals surface area (Å²) in [5.41, 5.74) is 1.92. The predicted molar refractivity (Wildman–Crippen MR) is 97.5 cm³/mol. The molecule has 2 aromatic rings. The summed E-state index contributed by atoms with van der Waals surface area (Å²) >= 11 is 0. The number of carbonyl (C=O) groups excluding carboxylic acids is 1. The maximum atomic E-state index is 12.3. The molecule has 0 spiro atoms. The van der Waals surface area contributed by atoms with Crippen LogP contribution in [0.5, 0.6) is 0 Å². The van der Waals surface area contributed by atoms with Crippen LogP contribution < -0.4 is 5.32 Å². The highest BCUT2D eigenvalue weighted by Gasteiger charge is 2.26. The first-order valence-electron chi connectivity index (χ1n) is 8.01. The minimum atomic E-state index is -1.76. The Hall–Kier alpha value is -2.47. The van der Waals surface area contributed by atoms with Crippen LogP contribution in [0.1, 0.15) is 17.5 Å². The van der Waals surface area contributed by atoms with Gasteiger partial charge in [-0.3, -0.25) is 13.8 Å². The van der Waals surface area contributed by atoms with Crippen LogP contribution in [0, 0.1) is 0 Å². The lowest BCUT2D eigenvalue weighted by Crippen LogP contribution is -2.35. The van der Waals surface area contributed by atoms with Gasteiger partial charge in [-0.15, -0.1) is 0 Å². The van der Waals surface area contributed by atoms with E-state index in [1.54, 1.807) is 0 Å². The molecule has 132 valence electrons. The molecule has 0 aliphatic rings. The monoisotopic (exact) mass is 359 g/mol.